The number of para-hydroxylation sites is 2. The van der Waals surface area contributed by atoms with Crippen LogP contribution in [0.2, 0.25) is 0 Å². The van der Waals surface area contributed by atoms with Gasteiger partial charge in [0, 0.05) is 39.3 Å². The van der Waals surface area contributed by atoms with Gasteiger partial charge in [0.15, 0.2) is 0 Å². The highest BCUT2D eigenvalue weighted by Gasteiger charge is 2.11. The van der Waals surface area contributed by atoms with E-state index in [0.29, 0.717) is 5.56 Å². The topological polar surface area (TPSA) is 27.0 Å². The van der Waals surface area contributed by atoms with E-state index < -0.39 is 0 Å². The van der Waals surface area contributed by atoms with Gasteiger partial charge in [-0.1, -0.05) is 84.3 Å². The lowest BCUT2D eigenvalue weighted by Gasteiger charge is -2.25. The van der Waals surface area contributed by atoms with E-state index in [2.05, 4.69) is 150 Å². The number of nitriles is 1. The highest BCUT2D eigenvalue weighted by atomic mass is 15.1. The minimum atomic E-state index is 0.628. The van der Waals surface area contributed by atoms with Crippen molar-refractivity contribution in [3.63, 3.8) is 0 Å². The molecule has 45 heavy (non-hydrogen) atoms. The Hall–Kier alpha value is -6.53. The van der Waals surface area contributed by atoms with Crippen LogP contribution in [0.4, 0.5) is 17.1 Å². The van der Waals surface area contributed by atoms with Gasteiger partial charge in [0.2, 0.25) is 0 Å². The molecule has 7 rings (SSSR count). The van der Waals surface area contributed by atoms with Gasteiger partial charge in [0.05, 0.1) is 11.6 Å². The van der Waals surface area contributed by atoms with Crippen molar-refractivity contribution in [2.75, 3.05) is 4.90 Å². The van der Waals surface area contributed by atoms with Crippen LogP contribution in [0.1, 0.15) is 27.8 Å². The largest absolute Gasteiger partial charge is 0.311 e. The Morgan fingerprint density at radius 2 is 0.822 bits per heavy atom. The summed E-state index contributed by atoms with van der Waals surface area (Å²) in [5, 5.41) is 13.5. The van der Waals surface area contributed by atoms with E-state index >= 15 is 0 Å². The van der Waals surface area contributed by atoms with Crippen LogP contribution in [0.5, 0.6) is 0 Å². The number of hydrogen-bond acceptors (Lipinski definition) is 2. The van der Waals surface area contributed by atoms with Crippen LogP contribution in [0.15, 0.2) is 158 Å². The quantitative estimate of drug-likeness (QED) is 0.156. The van der Waals surface area contributed by atoms with Crippen LogP contribution in [-0.2, 0) is 0 Å². The molecule has 0 aromatic heterocycles. The molecule has 7 aromatic rings. The number of hydrogen-bond donors (Lipinski definition) is 0. The van der Waals surface area contributed by atoms with Crippen LogP contribution in [-0.4, -0.2) is 0 Å². The van der Waals surface area contributed by atoms with Crippen molar-refractivity contribution in [3.8, 4) is 29.8 Å². The third-order valence-corrected chi connectivity index (χ3v) is 7.73. The summed E-state index contributed by atoms with van der Waals surface area (Å²) in [4.78, 5) is 2.24. The van der Waals surface area contributed by atoms with Gasteiger partial charge in [-0.3, -0.25) is 0 Å². The first-order valence-corrected chi connectivity index (χ1v) is 14.8. The molecule has 0 radical (unpaired) electrons. The van der Waals surface area contributed by atoms with E-state index in [1.54, 1.807) is 12.1 Å². The Labute approximate surface area is 263 Å². The summed E-state index contributed by atoms with van der Waals surface area (Å²) >= 11 is 0. The minimum absolute atomic E-state index is 0.628. The van der Waals surface area contributed by atoms with Gasteiger partial charge in [-0.25, -0.2) is 0 Å². The van der Waals surface area contributed by atoms with Crippen LogP contribution in [0, 0.1) is 35.0 Å². The van der Waals surface area contributed by atoms with E-state index in [-0.39, 0.29) is 0 Å². The molecule has 0 atom stereocenters. The molecule has 0 aliphatic carbocycles. The normalized spacial score (nSPS) is 10.3. The third-order valence-electron chi connectivity index (χ3n) is 7.73. The summed E-state index contributed by atoms with van der Waals surface area (Å²) in [7, 11) is 0. The summed E-state index contributed by atoms with van der Waals surface area (Å²) < 4.78 is 0. The number of nitrogens with zero attached hydrogens (tertiary/aromatic N) is 2. The molecule has 0 saturated carbocycles. The van der Waals surface area contributed by atoms with Gasteiger partial charge >= 0.3 is 0 Å². The first-order chi connectivity index (χ1) is 22.2. The average Bonchev–Trinajstić information content (AvgIpc) is 3.11. The SMILES string of the molecule is N#Cc1ccc(C#Cc2cccc3cc4cccc(C#Cc5ccc(N(c6ccccc6)c6ccccc6)cc5)c4cc23)cc1. The highest BCUT2D eigenvalue weighted by Crippen LogP contribution is 2.34. The zero-order chi connectivity index (χ0) is 30.4. The number of anilines is 3. The molecular formula is C43H26N2. The lowest BCUT2D eigenvalue weighted by Crippen LogP contribution is -2.09. The molecule has 0 unspecified atom stereocenters. The van der Waals surface area contributed by atoms with Crippen molar-refractivity contribution in [2.45, 2.75) is 0 Å². The molecule has 0 aliphatic heterocycles. The fraction of sp³-hybridized carbons (Fsp3) is 0. The predicted octanol–water partition coefficient (Wildman–Crippen LogP) is 10.1. The molecule has 2 nitrogen and oxygen atoms in total. The highest BCUT2D eigenvalue weighted by molar-refractivity contribution is 6.02. The first kappa shape index (κ1) is 27.3. The maximum absolute atomic E-state index is 9.08. The molecule has 0 N–H and O–H groups in total. The smallest absolute Gasteiger partial charge is 0.0991 e. The minimum Gasteiger partial charge on any atom is -0.311 e. The fourth-order valence-electron chi connectivity index (χ4n) is 5.47. The van der Waals surface area contributed by atoms with E-state index in [9.17, 15) is 0 Å². The van der Waals surface area contributed by atoms with Gasteiger partial charge in [0.25, 0.3) is 0 Å². The lowest BCUT2D eigenvalue weighted by atomic mass is 9.97. The lowest BCUT2D eigenvalue weighted by molar-refractivity contribution is 1.28. The van der Waals surface area contributed by atoms with E-state index in [1.807, 2.05) is 30.3 Å². The van der Waals surface area contributed by atoms with Crippen LogP contribution >= 0.6 is 0 Å². The van der Waals surface area contributed by atoms with Crippen LogP contribution in [0.25, 0.3) is 21.5 Å². The molecule has 0 fully saturated rings. The molecule has 0 spiro atoms. The van der Waals surface area contributed by atoms with Crippen molar-refractivity contribution in [2.24, 2.45) is 0 Å². The summed E-state index contributed by atoms with van der Waals surface area (Å²) in [6.07, 6.45) is 0. The second-order valence-corrected chi connectivity index (χ2v) is 10.6. The Morgan fingerprint density at radius 1 is 0.378 bits per heavy atom. The van der Waals surface area contributed by atoms with Gasteiger partial charge in [0.1, 0.15) is 0 Å². The zero-order valence-corrected chi connectivity index (χ0v) is 24.4. The molecular weight excluding hydrogens is 544 g/mol. The van der Waals surface area contributed by atoms with Crippen molar-refractivity contribution >= 4 is 38.6 Å². The first-order valence-electron chi connectivity index (χ1n) is 14.8. The maximum Gasteiger partial charge on any atom is 0.0991 e. The zero-order valence-electron chi connectivity index (χ0n) is 24.4. The third kappa shape index (κ3) is 5.89. The molecule has 7 aromatic carbocycles. The Balaban J connectivity index is 1.22. The summed E-state index contributed by atoms with van der Waals surface area (Å²) in [6, 6.07) is 55.6. The van der Waals surface area contributed by atoms with Crippen LogP contribution in [0.3, 0.4) is 0 Å². The molecule has 0 aliphatic rings. The van der Waals surface area contributed by atoms with Crippen molar-refractivity contribution < 1.29 is 0 Å². The maximum atomic E-state index is 9.08. The summed E-state index contributed by atoms with van der Waals surface area (Å²) in [5.41, 5.74) is 7.67. The van der Waals surface area contributed by atoms with Crippen molar-refractivity contribution in [3.05, 3.63) is 186 Å². The monoisotopic (exact) mass is 570 g/mol. The Kier molecular flexibility index (Phi) is 7.51. The molecule has 0 saturated heterocycles. The second kappa shape index (κ2) is 12.4. The van der Waals surface area contributed by atoms with Gasteiger partial charge in [-0.05, 0) is 119 Å². The molecule has 0 bridgehead atoms. The number of rotatable bonds is 3. The van der Waals surface area contributed by atoms with E-state index in [1.165, 1.54) is 0 Å². The fourth-order valence-corrected chi connectivity index (χ4v) is 5.47. The molecule has 2 heteroatoms. The Bertz CT molecular complexity index is 2270. The van der Waals surface area contributed by atoms with E-state index in [4.69, 9.17) is 5.26 Å². The molecule has 208 valence electrons. The van der Waals surface area contributed by atoms with Crippen LogP contribution < -0.4 is 4.90 Å². The number of benzene rings is 7. The van der Waals surface area contributed by atoms with E-state index in [0.717, 1.165) is 60.9 Å². The standard InChI is InChI=1S/C43H26N2/c44-31-34-19-17-32(18-20-34)21-25-35-9-7-11-37-29-38-12-8-10-36(43(38)30-42(35)37)26-22-33-23-27-41(28-24-33)45(39-13-3-1-4-14-39)40-15-5-2-6-16-40/h1-20,23-24,27-30H. The summed E-state index contributed by atoms with van der Waals surface area (Å²) in [5.74, 6) is 13.4. The average molecular weight is 571 g/mol. The van der Waals surface area contributed by atoms with Gasteiger partial charge < -0.3 is 4.90 Å². The summed E-state index contributed by atoms with van der Waals surface area (Å²) in [6.45, 7) is 0. The number of fused-ring (bicyclic) bond motifs is 2. The van der Waals surface area contributed by atoms with Gasteiger partial charge in [-0.2, -0.15) is 5.26 Å². The molecule has 0 heterocycles. The predicted molar refractivity (Wildman–Crippen MR) is 186 cm³/mol. The Morgan fingerprint density at radius 3 is 1.31 bits per heavy atom. The van der Waals surface area contributed by atoms with Gasteiger partial charge in [-0.15, -0.1) is 0 Å². The van der Waals surface area contributed by atoms with Crippen molar-refractivity contribution in [1.82, 2.24) is 0 Å². The van der Waals surface area contributed by atoms with Crippen molar-refractivity contribution in [1.29, 1.82) is 5.26 Å². The second-order valence-electron chi connectivity index (χ2n) is 10.6. The molecule has 0 amide bonds.